The van der Waals surface area contributed by atoms with Crippen LogP contribution in [0.25, 0.3) is 0 Å². The lowest BCUT2D eigenvalue weighted by Crippen LogP contribution is -2.61. The van der Waals surface area contributed by atoms with Gasteiger partial charge in [-0.3, -0.25) is 19.2 Å². The van der Waals surface area contributed by atoms with E-state index in [0.717, 1.165) is 5.57 Å². The van der Waals surface area contributed by atoms with Crippen molar-refractivity contribution in [3.8, 4) is 0 Å². The van der Waals surface area contributed by atoms with E-state index in [9.17, 15) is 39.3 Å². The quantitative estimate of drug-likeness (QED) is 0.0827. The Morgan fingerprint density at radius 2 is 1.58 bits per heavy atom. The zero-order chi connectivity index (χ0) is 53.3. The fourth-order valence-corrected chi connectivity index (χ4v) is 11.0. The molecule has 0 radical (unpaired) electrons. The molecule has 1 saturated carbocycles. The molecule has 2 bridgehead atoms. The van der Waals surface area contributed by atoms with E-state index in [0.29, 0.717) is 82.8 Å². The molecule has 3 heterocycles. The number of ether oxygens (including phenoxy) is 7. The van der Waals surface area contributed by atoms with E-state index in [4.69, 9.17) is 33.2 Å². The number of amides is 1. The third kappa shape index (κ3) is 17.0. The fourth-order valence-electron chi connectivity index (χ4n) is 11.0. The molecule has 16 nitrogen and oxygen atoms in total. The summed E-state index contributed by atoms with van der Waals surface area (Å²) >= 11 is 0. The highest BCUT2D eigenvalue weighted by Crippen LogP contribution is 2.38. The third-order valence-electron chi connectivity index (χ3n) is 15.6. The summed E-state index contributed by atoms with van der Waals surface area (Å²) in [5, 5.41) is 35.5. The molecule has 0 aromatic rings. The largest absolute Gasteiger partial charge is 0.460 e. The van der Waals surface area contributed by atoms with Crippen molar-refractivity contribution in [2.75, 3.05) is 41.6 Å². The summed E-state index contributed by atoms with van der Waals surface area (Å²) < 4.78 is 40.8. The lowest BCUT2D eigenvalue weighted by molar-refractivity contribution is -0.265. The van der Waals surface area contributed by atoms with Gasteiger partial charge in [0.25, 0.3) is 11.7 Å². The molecule has 3 aliphatic heterocycles. The highest BCUT2D eigenvalue weighted by molar-refractivity contribution is 6.39. The number of nitrogens with zero attached hydrogens (tertiary/aromatic N) is 1. The molecule has 0 spiro atoms. The second-order valence-electron chi connectivity index (χ2n) is 21.4. The van der Waals surface area contributed by atoms with Crippen molar-refractivity contribution in [2.45, 2.75) is 199 Å². The van der Waals surface area contributed by atoms with Crippen molar-refractivity contribution in [3.63, 3.8) is 0 Å². The van der Waals surface area contributed by atoms with Crippen LogP contribution in [0.2, 0.25) is 0 Å². The van der Waals surface area contributed by atoms with E-state index in [1.54, 1.807) is 48.2 Å². The predicted octanol–water partition coefficient (Wildman–Crippen LogP) is 6.95. The van der Waals surface area contributed by atoms with Crippen LogP contribution < -0.4 is 0 Å². The minimum atomic E-state index is -2.44. The van der Waals surface area contributed by atoms with Crippen LogP contribution in [-0.2, 0) is 57.1 Å². The summed E-state index contributed by atoms with van der Waals surface area (Å²) in [6.45, 7) is 13.4. The van der Waals surface area contributed by atoms with E-state index in [1.165, 1.54) is 12.0 Å². The standard InChI is InChI=1S/C56H89NO15/c1-34-18-13-12-14-19-35(2)46(67-9)32-42-24-22-40(7)56(65,72-42)53(62)54(63)57-26-16-15-20-43(57)55(64)71-47(33-44(58)36(3)29-39(6)51(61)52(69-11)50(60)38(5)28-34)37(4)30-41-23-25-45(48(31-41)68-10)70-49(59)21-17-27-66-8/h12-14,18-19,29,34,36-38,40-48,51-52,58,61,65H,15-17,20-28,30-33H2,1-11H3/b14-12+,18-13+,35-19+,39-29+/t34-,36-,37-,38-,40-,41+,42+,43+,44-,45-,46+,47+,48-,51-,52+,56-/m1/s1. The summed E-state index contributed by atoms with van der Waals surface area (Å²) in [5.74, 6) is -7.82. The minimum Gasteiger partial charge on any atom is -0.460 e. The second kappa shape index (κ2) is 29.5. The van der Waals surface area contributed by atoms with Gasteiger partial charge in [0.1, 0.15) is 30.5 Å². The molecule has 0 aromatic heterocycles. The maximum Gasteiger partial charge on any atom is 0.329 e. The molecule has 72 heavy (non-hydrogen) atoms. The molecule has 3 fully saturated rings. The molecule has 16 atom stereocenters. The van der Waals surface area contributed by atoms with Crippen LogP contribution in [-0.4, -0.2) is 152 Å². The molecule has 1 amide bonds. The van der Waals surface area contributed by atoms with E-state index in [-0.39, 0.29) is 61.4 Å². The monoisotopic (exact) mass is 1020 g/mol. The van der Waals surface area contributed by atoms with E-state index in [2.05, 4.69) is 0 Å². The Morgan fingerprint density at radius 3 is 2.26 bits per heavy atom. The molecular formula is C56H89NO15. The first-order chi connectivity index (χ1) is 34.2. The first kappa shape index (κ1) is 60.9. The van der Waals surface area contributed by atoms with Crippen LogP contribution in [0, 0.1) is 35.5 Å². The van der Waals surface area contributed by atoms with Crippen molar-refractivity contribution in [3.05, 3.63) is 47.6 Å². The lowest BCUT2D eigenvalue weighted by Gasteiger charge is -2.43. The number of carbonyl (C=O) groups excluding carboxylic acids is 5. The Bertz CT molecular complexity index is 1900. The fraction of sp³-hybridized carbons (Fsp3) is 0.768. The number of carbonyl (C=O) groups is 5. The van der Waals surface area contributed by atoms with Gasteiger partial charge in [0.2, 0.25) is 5.79 Å². The lowest BCUT2D eigenvalue weighted by atomic mass is 9.78. The molecule has 3 N–H and O–H groups in total. The maximum atomic E-state index is 14.6. The predicted molar refractivity (Wildman–Crippen MR) is 271 cm³/mol. The van der Waals surface area contributed by atoms with Gasteiger partial charge in [-0.1, -0.05) is 71.1 Å². The van der Waals surface area contributed by atoms with Gasteiger partial charge >= 0.3 is 11.9 Å². The average molecular weight is 1020 g/mol. The molecule has 16 heteroatoms. The van der Waals surface area contributed by atoms with Crippen molar-refractivity contribution in [2.24, 2.45) is 35.5 Å². The number of rotatable bonds is 11. The van der Waals surface area contributed by atoms with Crippen molar-refractivity contribution < 1.29 is 72.5 Å². The number of cyclic esters (lactones) is 1. The Balaban J connectivity index is 1.68. The summed E-state index contributed by atoms with van der Waals surface area (Å²) in [6.07, 6.45) is 11.4. The van der Waals surface area contributed by atoms with E-state index < -0.39 is 90.0 Å². The van der Waals surface area contributed by atoms with Gasteiger partial charge in [0.05, 0.1) is 24.4 Å². The summed E-state index contributed by atoms with van der Waals surface area (Å²) in [4.78, 5) is 70.9. The zero-order valence-corrected chi connectivity index (χ0v) is 45.1. The molecule has 1 aliphatic carbocycles. The molecular weight excluding hydrogens is 927 g/mol. The Morgan fingerprint density at radius 1 is 0.847 bits per heavy atom. The summed E-state index contributed by atoms with van der Waals surface area (Å²) in [7, 11) is 6.15. The van der Waals surface area contributed by atoms with Crippen LogP contribution in [0.15, 0.2) is 47.6 Å². The zero-order valence-electron chi connectivity index (χ0n) is 45.1. The first-order valence-electron chi connectivity index (χ1n) is 26.5. The van der Waals surface area contributed by atoms with Gasteiger partial charge in [0.15, 0.2) is 5.78 Å². The van der Waals surface area contributed by atoms with Gasteiger partial charge in [-0.15, -0.1) is 0 Å². The van der Waals surface area contributed by atoms with Crippen molar-refractivity contribution in [1.29, 1.82) is 0 Å². The topological polar surface area (TPSA) is 214 Å². The Labute approximate surface area is 429 Å². The molecule has 408 valence electrons. The highest BCUT2D eigenvalue weighted by atomic mass is 16.6. The van der Waals surface area contributed by atoms with Gasteiger partial charge in [-0.25, -0.2) is 4.79 Å². The van der Waals surface area contributed by atoms with Crippen molar-refractivity contribution >= 4 is 29.4 Å². The highest BCUT2D eigenvalue weighted by Gasteiger charge is 2.53. The molecule has 0 aromatic carbocycles. The number of esters is 2. The number of hydrogen-bond donors (Lipinski definition) is 3. The molecule has 0 unspecified atom stereocenters. The smallest absolute Gasteiger partial charge is 0.329 e. The molecule has 2 saturated heterocycles. The van der Waals surface area contributed by atoms with Gasteiger partial charge < -0.3 is 53.4 Å². The van der Waals surface area contributed by atoms with Gasteiger partial charge in [-0.05, 0) is 113 Å². The van der Waals surface area contributed by atoms with Crippen LogP contribution in [0.5, 0.6) is 0 Å². The normalized spacial score (nSPS) is 38.6. The average Bonchev–Trinajstić information content (AvgIpc) is 3.35. The number of allylic oxidation sites excluding steroid dienone is 5. The number of methoxy groups -OCH3 is 4. The number of fused-ring (bicyclic) bond motifs is 3. The Hall–Kier alpha value is -3.61. The van der Waals surface area contributed by atoms with Crippen LogP contribution in [0.4, 0.5) is 0 Å². The van der Waals surface area contributed by atoms with Gasteiger partial charge in [0, 0.05) is 78.6 Å². The van der Waals surface area contributed by atoms with Crippen molar-refractivity contribution in [1.82, 2.24) is 4.90 Å². The first-order valence-corrected chi connectivity index (χ1v) is 26.5. The van der Waals surface area contributed by atoms with Crippen LogP contribution in [0.1, 0.15) is 138 Å². The Kier molecular flexibility index (Phi) is 24.9. The van der Waals surface area contributed by atoms with E-state index in [1.807, 2.05) is 58.1 Å². The third-order valence-corrected chi connectivity index (χ3v) is 15.6. The van der Waals surface area contributed by atoms with E-state index >= 15 is 0 Å². The number of Topliss-reactive ketones (excluding diaryl/α,β-unsaturated/α-hetero) is 2. The van der Waals surface area contributed by atoms with Gasteiger partial charge in [-0.2, -0.15) is 0 Å². The maximum absolute atomic E-state index is 14.6. The summed E-state index contributed by atoms with van der Waals surface area (Å²) in [5.41, 5.74) is 1.31. The molecule has 4 aliphatic rings. The summed E-state index contributed by atoms with van der Waals surface area (Å²) in [6, 6.07) is -1.14. The number of piperidine rings is 1. The number of ketones is 2. The number of aliphatic hydroxyl groups excluding tert-OH is 2. The van der Waals surface area contributed by atoms with Crippen LogP contribution in [0.3, 0.4) is 0 Å². The van der Waals surface area contributed by atoms with Crippen LogP contribution >= 0.6 is 0 Å². The molecule has 4 rings (SSSR count). The number of aliphatic hydroxyl groups is 3. The SMILES string of the molecule is COCCCC(=O)O[C@@H]1CC[C@@H](C[C@@H](C)[C@@H]2C[C@@H](O)[C@H](C)/C=C(\C)[C@@H](O)[C@@H](OC)C(=O)[C@H](C)C[C@H](C)/C=C/C=C/C=C(\C)[C@@H](OC)C[C@@H]3CC[C@@H](C)[C@@](O)(O3)C(=O)C(=O)N3CCCC[C@H]3C(=O)O2)C[C@H]1OC. The number of hydrogen-bond acceptors (Lipinski definition) is 15. The second-order valence-corrected chi connectivity index (χ2v) is 21.4. The minimum absolute atomic E-state index is 0.0103.